The quantitative estimate of drug-likeness (QED) is 0.611. The number of carbonyl (C=O) groups is 1. The van der Waals surface area contributed by atoms with Gasteiger partial charge in [-0.05, 0) is 18.8 Å². The molecule has 2 N–H and O–H groups in total. The molecule has 0 heterocycles. The van der Waals surface area contributed by atoms with E-state index in [4.69, 9.17) is 5.73 Å². The summed E-state index contributed by atoms with van der Waals surface area (Å²) in [6, 6.07) is 0.269. The summed E-state index contributed by atoms with van der Waals surface area (Å²) >= 11 is 0. The molecule has 64 valence electrons. The summed E-state index contributed by atoms with van der Waals surface area (Å²) < 4.78 is 0. The number of rotatable bonds is 5. The van der Waals surface area contributed by atoms with Crippen LogP contribution in [0.1, 0.15) is 38.5 Å². The maximum atomic E-state index is 10.0. The molecular weight excluding hydrogens is 138 g/mol. The van der Waals surface area contributed by atoms with Crippen molar-refractivity contribution < 1.29 is 4.79 Å². The first-order valence-electron chi connectivity index (χ1n) is 4.52. The Morgan fingerprint density at radius 3 is 2.73 bits per heavy atom. The molecule has 0 spiro atoms. The minimum Gasteiger partial charge on any atom is -0.328 e. The van der Waals surface area contributed by atoms with Gasteiger partial charge >= 0.3 is 0 Å². The molecule has 1 aliphatic carbocycles. The summed E-state index contributed by atoms with van der Waals surface area (Å²) in [6.45, 7) is 0. The average molecular weight is 155 g/mol. The second kappa shape index (κ2) is 4.50. The Bertz CT molecular complexity index is 121. The normalized spacial score (nSPS) is 20.8. The van der Waals surface area contributed by atoms with Crippen molar-refractivity contribution in [2.75, 3.05) is 0 Å². The van der Waals surface area contributed by atoms with Gasteiger partial charge in [-0.15, -0.1) is 0 Å². The standard InChI is InChI=1S/C9H17NO/c10-9(5-2-6-11)7-8-3-1-4-8/h6,8-9H,1-5,7,10H2. The van der Waals surface area contributed by atoms with Crippen LogP contribution in [0, 0.1) is 5.92 Å². The third-order valence-electron chi connectivity index (χ3n) is 2.52. The van der Waals surface area contributed by atoms with Crippen molar-refractivity contribution in [3.05, 3.63) is 0 Å². The second-order valence-electron chi connectivity index (χ2n) is 3.54. The number of nitrogens with two attached hydrogens (primary N) is 1. The first-order valence-corrected chi connectivity index (χ1v) is 4.52. The highest BCUT2D eigenvalue weighted by Crippen LogP contribution is 2.30. The maximum absolute atomic E-state index is 10.0. The molecule has 0 bridgehead atoms. The Balaban J connectivity index is 1.99. The Hall–Kier alpha value is -0.370. The molecule has 0 aromatic heterocycles. The molecule has 0 saturated heterocycles. The lowest BCUT2D eigenvalue weighted by Crippen LogP contribution is -2.26. The fourth-order valence-corrected chi connectivity index (χ4v) is 1.56. The minimum atomic E-state index is 0.269. The molecule has 1 saturated carbocycles. The number of carbonyl (C=O) groups excluding carboxylic acids is 1. The summed E-state index contributed by atoms with van der Waals surface area (Å²) in [6.07, 6.45) is 7.69. The van der Waals surface area contributed by atoms with Gasteiger partial charge in [0.15, 0.2) is 0 Å². The molecule has 1 rings (SSSR count). The van der Waals surface area contributed by atoms with Gasteiger partial charge in [-0.25, -0.2) is 0 Å². The van der Waals surface area contributed by atoms with Crippen LogP contribution in [0.5, 0.6) is 0 Å². The molecule has 2 heteroatoms. The lowest BCUT2D eigenvalue weighted by atomic mass is 9.80. The molecule has 1 aliphatic rings. The average Bonchev–Trinajstić information content (AvgIpc) is 1.93. The van der Waals surface area contributed by atoms with Crippen LogP contribution in [0.2, 0.25) is 0 Å². The molecule has 0 radical (unpaired) electrons. The molecule has 2 nitrogen and oxygen atoms in total. The first-order chi connectivity index (χ1) is 5.33. The Labute approximate surface area is 68.2 Å². The van der Waals surface area contributed by atoms with Crippen molar-refractivity contribution >= 4 is 6.29 Å². The van der Waals surface area contributed by atoms with Gasteiger partial charge in [-0.2, -0.15) is 0 Å². The number of aldehydes is 1. The molecular formula is C9H17NO. The molecule has 1 fully saturated rings. The van der Waals surface area contributed by atoms with E-state index in [9.17, 15) is 4.79 Å². The fraction of sp³-hybridized carbons (Fsp3) is 0.889. The van der Waals surface area contributed by atoms with Gasteiger partial charge < -0.3 is 10.5 Å². The third kappa shape index (κ3) is 3.02. The fourth-order valence-electron chi connectivity index (χ4n) is 1.56. The van der Waals surface area contributed by atoms with E-state index < -0.39 is 0 Å². The van der Waals surface area contributed by atoms with Gasteiger partial charge in [0.25, 0.3) is 0 Å². The molecule has 11 heavy (non-hydrogen) atoms. The lowest BCUT2D eigenvalue weighted by molar-refractivity contribution is -0.108. The van der Waals surface area contributed by atoms with Crippen molar-refractivity contribution in [2.45, 2.75) is 44.6 Å². The summed E-state index contributed by atoms with van der Waals surface area (Å²) in [5.74, 6) is 0.872. The zero-order valence-corrected chi connectivity index (χ0v) is 6.96. The lowest BCUT2D eigenvalue weighted by Gasteiger charge is -2.27. The van der Waals surface area contributed by atoms with Gasteiger partial charge in [0, 0.05) is 12.5 Å². The Morgan fingerprint density at radius 1 is 1.55 bits per heavy atom. The second-order valence-corrected chi connectivity index (χ2v) is 3.54. The highest BCUT2D eigenvalue weighted by atomic mass is 16.1. The van der Waals surface area contributed by atoms with E-state index >= 15 is 0 Å². The van der Waals surface area contributed by atoms with E-state index in [1.165, 1.54) is 19.3 Å². The summed E-state index contributed by atoms with van der Waals surface area (Å²) in [4.78, 5) is 10.0. The predicted molar refractivity (Wildman–Crippen MR) is 45.2 cm³/mol. The molecule has 0 aromatic rings. The summed E-state index contributed by atoms with van der Waals surface area (Å²) in [7, 11) is 0. The van der Waals surface area contributed by atoms with Crippen molar-refractivity contribution in [2.24, 2.45) is 11.7 Å². The van der Waals surface area contributed by atoms with Gasteiger partial charge in [0.2, 0.25) is 0 Å². The van der Waals surface area contributed by atoms with E-state index in [0.29, 0.717) is 6.42 Å². The topological polar surface area (TPSA) is 43.1 Å². The third-order valence-corrected chi connectivity index (χ3v) is 2.52. The monoisotopic (exact) mass is 155 g/mol. The zero-order valence-electron chi connectivity index (χ0n) is 6.96. The van der Waals surface area contributed by atoms with E-state index in [1.54, 1.807) is 0 Å². The van der Waals surface area contributed by atoms with Gasteiger partial charge in [0.1, 0.15) is 6.29 Å². The van der Waals surface area contributed by atoms with Crippen LogP contribution in [0.25, 0.3) is 0 Å². The Kier molecular flexibility index (Phi) is 3.57. The Morgan fingerprint density at radius 2 is 2.27 bits per heavy atom. The van der Waals surface area contributed by atoms with E-state index in [0.717, 1.165) is 25.0 Å². The molecule has 0 aliphatic heterocycles. The first kappa shape index (κ1) is 8.72. The molecule has 0 aromatic carbocycles. The zero-order chi connectivity index (χ0) is 8.10. The van der Waals surface area contributed by atoms with E-state index in [-0.39, 0.29) is 6.04 Å². The molecule has 1 unspecified atom stereocenters. The largest absolute Gasteiger partial charge is 0.328 e. The van der Waals surface area contributed by atoms with Gasteiger partial charge in [-0.3, -0.25) is 0 Å². The van der Waals surface area contributed by atoms with Gasteiger partial charge in [0.05, 0.1) is 0 Å². The molecule has 1 atom stereocenters. The highest BCUT2D eigenvalue weighted by molar-refractivity contribution is 5.49. The molecule has 0 amide bonds. The van der Waals surface area contributed by atoms with Crippen LogP contribution in [-0.4, -0.2) is 12.3 Å². The number of hydrogen-bond donors (Lipinski definition) is 1. The van der Waals surface area contributed by atoms with Crippen LogP contribution in [-0.2, 0) is 4.79 Å². The maximum Gasteiger partial charge on any atom is 0.120 e. The highest BCUT2D eigenvalue weighted by Gasteiger charge is 2.19. The van der Waals surface area contributed by atoms with Crippen molar-refractivity contribution in [1.29, 1.82) is 0 Å². The smallest absolute Gasteiger partial charge is 0.120 e. The SMILES string of the molecule is NC(CCC=O)CC1CCC1. The van der Waals surface area contributed by atoms with Crippen LogP contribution in [0.4, 0.5) is 0 Å². The predicted octanol–water partition coefficient (Wildman–Crippen LogP) is 1.48. The van der Waals surface area contributed by atoms with Crippen LogP contribution >= 0.6 is 0 Å². The van der Waals surface area contributed by atoms with Crippen LogP contribution in [0.15, 0.2) is 0 Å². The van der Waals surface area contributed by atoms with Crippen LogP contribution in [0.3, 0.4) is 0 Å². The number of hydrogen-bond acceptors (Lipinski definition) is 2. The van der Waals surface area contributed by atoms with Crippen molar-refractivity contribution in [3.63, 3.8) is 0 Å². The van der Waals surface area contributed by atoms with E-state index in [1.807, 2.05) is 0 Å². The van der Waals surface area contributed by atoms with Crippen molar-refractivity contribution in [1.82, 2.24) is 0 Å². The summed E-state index contributed by atoms with van der Waals surface area (Å²) in [5.41, 5.74) is 5.81. The van der Waals surface area contributed by atoms with Crippen LogP contribution < -0.4 is 5.73 Å². The van der Waals surface area contributed by atoms with E-state index in [2.05, 4.69) is 0 Å². The minimum absolute atomic E-state index is 0.269. The summed E-state index contributed by atoms with van der Waals surface area (Å²) in [5, 5.41) is 0. The van der Waals surface area contributed by atoms with Gasteiger partial charge in [-0.1, -0.05) is 19.3 Å². The van der Waals surface area contributed by atoms with Crippen molar-refractivity contribution in [3.8, 4) is 0 Å².